The highest BCUT2D eigenvalue weighted by Gasteiger charge is 2.40. The monoisotopic (exact) mass is 554 g/mol. The van der Waals surface area contributed by atoms with Gasteiger partial charge in [-0.3, -0.25) is 15.2 Å². The number of nitrogens with one attached hydrogen (secondary N) is 2. The van der Waals surface area contributed by atoms with E-state index in [1.54, 1.807) is 39.0 Å². The Hall–Kier alpha value is -4.15. The molecule has 0 fully saturated rings. The number of aromatic amines is 1. The van der Waals surface area contributed by atoms with E-state index in [1.165, 1.54) is 6.07 Å². The van der Waals surface area contributed by atoms with E-state index in [2.05, 4.69) is 22.4 Å². The van der Waals surface area contributed by atoms with Crippen LogP contribution in [-0.4, -0.2) is 46.9 Å². The maximum Gasteiger partial charge on any atom is 0.336 e. The summed E-state index contributed by atoms with van der Waals surface area (Å²) >= 11 is 0. The van der Waals surface area contributed by atoms with E-state index in [4.69, 9.17) is 14.2 Å². The molecule has 2 unspecified atom stereocenters. The Morgan fingerprint density at radius 1 is 1.07 bits per heavy atom. The van der Waals surface area contributed by atoms with Crippen molar-refractivity contribution in [3.8, 4) is 5.88 Å². The van der Waals surface area contributed by atoms with Crippen molar-refractivity contribution in [2.24, 2.45) is 5.92 Å². The van der Waals surface area contributed by atoms with Crippen molar-refractivity contribution >= 4 is 17.6 Å². The van der Waals surface area contributed by atoms with Crippen molar-refractivity contribution in [3.63, 3.8) is 0 Å². The number of esters is 2. The Kier molecular flexibility index (Phi) is 10.9. The summed E-state index contributed by atoms with van der Waals surface area (Å²) in [6.07, 6.45) is 3.18. The fourth-order valence-electron chi connectivity index (χ4n) is 4.70. The van der Waals surface area contributed by atoms with Crippen LogP contribution in [0.3, 0.4) is 0 Å². The molecule has 2 N–H and O–H groups in total. The first-order chi connectivity index (χ1) is 19.2. The first-order valence-corrected chi connectivity index (χ1v) is 13.6. The van der Waals surface area contributed by atoms with Crippen LogP contribution in [0.5, 0.6) is 5.88 Å². The molecule has 3 rings (SSSR count). The first-order valence-electron chi connectivity index (χ1n) is 13.6. The number of H-pyrrole nitrogens is 1. The summed E-state index contributed by atoms with van der Waals surface area (Å²) in [5.41, 5.74) is 2.27. The Balaban J connectivity index is 1.67. The lowest BCUT2D eigenvalue weighted by atomic mass is 9.79. The third-order valence-corrected chi connectivity index (χ3v) is 6.75. The number of nitrogens with zero attached hydrogens (tertiary/aromatic N) is 2. The lowest BCUT2D eigenvalue weighted by Gasteiger charge is -2.30. The highest BCUT2D eigenvalue weighted by atomic mass is 16.6. The van der Waals surface area contributed by atoms with Crippen molar-refractivity contribution < 1.29 is 28.7 Å². The van der Waals surface area contributed by atoms with Gasteiger partial charge in [0.25, 0.3) is 5.69 Å². The molecule has 0 aliphatic carbocycles. The molecule has 216 valence electrons. The number of dihydropyridines is 1. The minimum atomic E-state index is -1.01. The van der Waals surface area contributed by atoms with Crippen molar-refractivity contribution in [3.05, 3.63) is 74.2 Å². The minimum Gasteiger partial charge on any atom is -0.476 e. The molecule has 2 heterocycles. The van der Waals surface area contributed by atoms with E-state index in [0.29, 0.717) is 30.3 Å². The third-order valence-electron chi connectivity index (χ3n) is 6.75. The largest absolute Gasteiger partial charge is 0.476 e. The van der Waals surface area contributed by atoms with Crippen LogP contribution in [0.2, 0.25) is 0 Å². The Morgan fingerprint density at radius 2 is 1.75 bits per heavy atom. The molecule has 1 aliphatic heterocycles. The first kappa shape index (κ1) is 30.4. The number of aromatic nitrogens is 2. The van der Waals surface area contributed by atoms with Gasteiger partial charge in [0.2, 0.25) is 5.88 Å². The number of nitro benzene ring substituents is 1. The van der Waals surface area contributed by atoms with Gasteiger partial charge in [-0.05, 0) is 52.4 Å². The molecule has 0 radical (unpaired) electrons. The predicted molar refractivity (Wildman–Crippen MR) is 148 cm³/mol. The molecule has 11 nitrogen and oxygen atoms in total. The molecule has 11 heteroatoms. The second kappa shape index (κ2) is 14.3. The van der Waals surface area contributed by atoms with Gasteiger partial charge < -0.3 is 19.5 Å². The Bertz CT molecular complexity index is 1280. The molecule has 2 aromatic rings. The van der Waals surface area contributed by atoms with E-state index >= 15 is 0 Å². The van der Waals surface area contributed by atoms with Gasteiger partial charge in [-0.25, -0.2) is 9.59 Å². The van der Waals surface area contributed by atoms with Crippen molar-refractivity contribution in [1.29, 1.82) is 0 Å². The molecule has 0 amide bonds. The number of unbranched alkanes of at least 4 members (excludes halogenated alkanes) is 1. The fraction of sp³-hybridized carbons (Fsp3) is 0.483. The molecule has 1 aromatic heterocycles. The zero-order valence-corrected chi connectivity index (χ0v) is 23.7. The fourth-order valence-corrected chi connectivity index (χ4v) is 4.70. The SMILES string of the molecule is CCOC(=O)C1=C(C)NC(C)=C(C(=O)OCCCCC(C)COc2cc(CC)[nH]n2)C1c1ccccc1[N+](=O)[O-]. The van der Waals surface area contributed by atoms with E-state index < -0.39 is 22.8 Å². The van der Waals surface area contributed by atoms with Crippen LogP contribution in [0.4, 0.5) is 5.69 Å². The topological polar surface area (TPSA) is 146 Å². The van der Waals surface area contributed by atoms with E-state index in [1.807, 2.05) is 13.0 Å². The van der Waals surface area contributed by atoms with Crippen LogP contribution in [0.1, 0.15) is 71.1 Å². The predicted octanol–water partition coefficient (Wildman–Crippen LogP) is 5.11. The van der Waals surface area contributed by atoms with Gasteiger partial charge in [-0.1, -0.05) is 32.0 Å². The molecule has 40 heavy (non-hydrogen) atoms. The van der Waals surface area contributed by atoms with Crippen LogP contribution in [0, 0.1) is 16.0 Å². The summed E-state index contributed by atoms with van der Waals surface area (Å²) in [7, 11) is 0. The van der Waals surface area contributed by atoms with Crippen LogP contribution < -0.4 is 10.1 Å². The summed E-state index contributed by atoms with van der Waals surface area (Å²) in [5.74, 6) is -1.42. The summed E-state index contributed by atoms with van der Waals surface area (Å²) in [6.45, 7) is 9.99. The Morgan fingerprint density at radius 3 is 2.38 bits per heavy atom. The zero-order chi connectivity index (χ0) is 29.2. The smallest absolute Gasteiger partial charge is 0.336 e. The van der Waals surface area contributed by atoms with Gasteiger partial charge in [0.15, 0.2) is 0 Å². The van der Waals surface area contributed by atoms with Crippen LogP contribution in [0.25, 0.3) is 0 Å². The summed E-state index contributed by atoms with van der Waals surface area (Å²) < 4.78 is 16.6. The molecule has 1 aromatic carbocycles. The maximum absolute atomic E-state index is 13.4. The van der Waals surface area contributed by atoms with Crippen LogP contribution in [0.15, 0.2) is 52.9 Å². The lowest BCUT2D eigenvalue weighted by Crippen LogP contribution is -2.33. The van der Waals surface area contributed by atoms with Gasteiger partial charge in [0.1, 0.15) is 0 Å². The maximum atomic E-state index is 13.4. The average Bonchev–Trinajstić information content (AvgIpc) is 3.39. The molecular weight excluding hydrogens is 516 g/mol. The summed E-state index contributed by atoms with van der Waals surface area (Å²) in [6, 6.07) is 7.98. The quantitative estimate of drug-likeness (QED) is 0.141. The number of aryl methyl sites for hydroxylation is 1. The van der Waals surface area contributed by atoms with Gasteiger partial charge in [-0.2, -0.15) is 0 Å². The number of para-hydroxylation sites is 1. The number of ether oxygens (including phenoxy) is 3. The van der Waals surface area contributed by atoms with Crippen LogP contribution >= 0.6 is 0 Å². The normalized spacial score (nSPS) is 15.9. The van der Waals surface area contributed by atoms with Gasteiger partial charge in [0, 0.05) is 34.8 Å². The van der Waals surface area contributed by atoms with E-state index in [-0.39, 0.29) is 41.5 Å². The van der Waals surface area contributed by atoms with Crippen molar-refractivity contribution in [2.75, 3.05) is 19.8 Å². The van der Waals surface area contributed by atoms with Gasteiger partial charge in [-0.15, -0.1) is 5.10 Å². The van der Waals surface area contributed by atoms with Crippen molar-refractivity contribution in [2.45, 2.75) is 66.2 Å². The van der Waals surface area contributed by atoms with Gasteiger partial charge >= 0.3 is 11.9 Å². The molecular formula is C29H38N4O7. The van der Waals surface area contributed by atoms with E-state index in [9.17, 15) is 19.7 Å². The second-order valence-electron chi connectivity index (χ2n) is 9.80. The summed E-state index contributed by atoms with van der Waals surface area (Å²) in [5, 5.41) is 22.0. The van der Waals surface area contributed by atoms with Crippen LogP contribution in [-0.2, 0) is 25.5 Å². The number of hydrogen-bond acceptors (Lipinski definition) is 9. The molecule has 2 atom stereocenters. The van der Waals surface area contributed by atoms with Gasteiger partial charge in [0.05, 0.1) is 41.8 Å². The number of nitro groups is 1. The number of hydrogen-bond donors (Lipinski definition) is 2. The zero-order valence-electron chi connectivity index (χ0n) is 23.7. The van der Waals surface area contributed by atoms with Crippen molar-refractivity contribution in [1.82, 2.24) is 15.5 Å². The number of rotatable bonds is 14. The number of carbonyl (C=O) groups is 2. The molecule has 0 saturated heterocycles. The standard InChI is InChI=1S/C29H38N4O7/c1-6-21-16-24(32-31-21)40-17-18(3)12-10-11-15-39-29(35)26-20(5)30-19(4)25(28(34)38-7-2)27(26)22-13-8-9-14-23(22)33(36)37/h8-9,13-14,16,18,27,30H,6-7,10-12,15,17H2,1-5H3,(H,31,32). The molecule has 0 saturated carbocycles. The molecule has 0 bridgehead atoms. The molecule has 1 aliphatic rings. The number of allylic oxidation sites excluding steroid dienone is 2. The lowest BCUT2D eigenvalue weighted by molar-refractivity contribution is -0.385. The molecule has 0 spiro atoms. The average molecular weight is 555 g/mol. The minimum absolute atomic E-state index is 0.118. The highest BCUT2D eigenvalue weighted by Crippen LogP contribution is 2.42. The summed E-state index contributed by atoms with van der Waals surface area (Å²) in [4.78, 5) is 37.7. The third kappa shape index (κ3) is 7.49. The second-order valence-corrected chi connectivity index (χ2v) is 9.80. The Labute approximate surface area is 234 Å². The highest BCUT2D eigenvalue weighted by molar-refractivity contribution is 6.00. The van der Waals surface area contributed by atoms with E-state index in [0.717, 1.165) is 25.0 Å². The number of benzene rings is 1. The number of carbonyl (C=O) groups excluding carboxylic acids is 2.